The Labute approximate surface area is 152 Å². The Hall–Kier alpha value is -1.82. The van der Waals surface area contributed by atoms with E-state index in [0.29, 0.717) is 6.10 Å². The second-order valence-electron chi connectivity index (χ2n) is 6.75. The van der Waals surface area contributed by atoms with Crippen molar-refractivity contribution in [2.45, 2.75) is 51.2 Å². The molecule has 1 aromatic rings. The zero-order chi connectivity index (χ0) is 17.9. The lowest BCUT2D eigenvalue weighted by Gasteiger charge is -2.22. The van der Waals surface area contributed by atoms with Gasteiger partial charge in [0.1, 0.15) is 5.82 Å². The zero-order valence-electron chi connectivity index (χ0n) is 15.9. The second kappa shape index (κ2) is 10.9. The fourth-order valence-electron chi connectivity index (χ4n) is 2.98. The summed E-state index contributed by atoms with van der Waals surface area (Å²) in [5, 5.41) is 6.69. The highest BCUT2D eigenvalue weighted by molar-refractivity contribution is 5.79. The Morgan fingerprint density at radius 1 is 1.28 bits per heavy atom. The molecule has 0 bridgehead atoms. The molecule has 6 heteroatoms. The number of aliphatic imine (C=N–C) groups is 1. The standard InChI is InChI=1S/C19H33N5O/c1-20-19(22-11-7-13-25-17-8-5-4-6-9-17)23-15-16-10-12-21-18(14-16)24(2)3/h10,12,14,17H,4-9,11,13,15H2,1-3H3,(H2,20,22,23). The van der Waals surface area contributed by atoms with Crippen LogP contribution in [0.1, 0.15) is 44.1 Å². The summed E-state index contributed by atoms with van der Waals surface area (Å²) in [5.41, 5.74) is 1.18. The molecular weight excluding hydrogens is 314 g/mol. The Morgan fingerprint density at radius 2 is 2.08 bits per heavy atom. The fourth-order valence-corrected chi connectivity index (χ4v) is 2.98. The minimum atomic E-state index is 0.490. The van der Waals surface area contributed by atoms with E-state index in [0.717, 1.165) is 37.9 Å². The summed E-state index contributed by atoms with van der Waals surface area (Å²) in [4.78, 5) is 10.6. The summed E-state index contributed by atoms with van der Waals surface area (Å²) < 4.78 is 5.95. The van der Waals surface area contributed by atoms with Gasteiger partial charge in [-0.1, -0.05) is 19.3 Å². The molecule has 0 saturated heterocycles. The lowest BCUT2D eigenvalue weighted by molar-refractivity contribution is 0.0277. The van der Waals surface area contributed by atoms with Gasteiger partial charge in [-0.2, -0.15) is 0 Å². The Balaban J connectivity index is 1.62. The molecule has 0 spiro atoms. The number of nitrogens with zero attached hydrogens (tertiary/aromatic N) is 3. The van der Waals surface area contributed by atoms with Gasteiger partial charge < -0.3 is 20.3 Å². The van der Waals surface area contributed by atoms with Crippen LogP contribution in [0.3, 0.4) is 0 Å². The van der Waals surface area contributed by atoms with Gasteiger partial charge in [0.2, 0.25) is 0 Å². The molecule has 1 heterocycles. The van der Waals surface area contributed by atoms with Gasteiger partial charge in [0.05, 0.1) is 6.10 Å². The predicted octanol–water partition coefficient (Wildman–Crippen LogP) is 2.55. The minimum absolute atomic E-state index is 0.490. The largest absolute Gasteiger partial charge is 0.378 e. The monoisotopic (exact) mass is 347 g/mol. The number of guanidine groups is 1. The molecule has 2 rings (SSSR count). The first kappa shape index (κ1) is 19.5. The van der Waals surface area contributed by atoms with E-state index in [9.17, 15) is 0 Å². The number of ether oxygens (including phenoxy) is 1. The topological polar surface area (TPSA) is 61.8 Å². The van der Waals surface area contributed by atoms with Crippen LogP contribution in [0.4, 0.5) is 5.82 Å². The molecule has 1 saturated carbocycles. The molecule has 0 amide bonds. The van der Waals surface area contributed by atoms with Crippen LogP contribution in [0.2, 0.25) is 0 Å². The van der Waals surface area contributed by atoms with Crippen molar-refractivity contribution in [2.75, 3.05) is 39.2 Å². The number of aromatic nitrogens is 1. The Kier molecular flexibility index (Phi) is 8.52. The van der Waals surface area contributed by atoms with Crippen LogP contribution in [0.5, 0.6) is 0 Å². The third-order valence-corrected chi connectivity index (χ3v) is 4.47. The molecule has 0 radical (unpaired) electrons. The first-order valence-electron chi connectivity index (χ1n) is 9.37. The lowest BCUT2D eigenvalue weighted by Crippen LogP contribution is -2.37. The molecule has 1 aromatic heterocycles. The highest BCUT2D eigenvalue weighted by Gasteiger charge is 2.12. The van der Waals surface area contributed by atoms with Crippen LogP contribution in [-0.2, 0) is 11.3 Å². The highest BCUT2D eigenvalue weighted by atomic mass is 16.5. The lowest BCUT2D eigenvalue weighted by atomic mass is 9.98. The van der Waals surface area contributed by atoms with E-state index in [1.165, 1.54) is 37.7 Å². The van der Waals surface area contributed by atoms with Gasteiger partial charge >= 0.3 is 0 Å². The summed E-state index contributed by atoms with van der Waals surface area (Å²) in [6.07, 6.45) is 9.81. The fraction of sp³-hybridized carbons (Fsp3) is 0.684. The zero-order valence-corrected chi connectivity index (χ0v) is 15.9. The van der Waals surface area contributed by atoms with Gasteiger partial charge in [0, 0.05) is 47.0 Å². The normalized spacial score (nSPS) is 15.9. The first-order valence-corrected chi connectivity index (χ1v) is 9.37. The summed E-state index contributed by atoms with van der Waals surface area (Å²) in [6.45, 7) is 2.42. The van der Waals surface area contributed by atoms with Crippen LogP contribution in [0.15, 0.2) is 23.3 Å². The Morgan fingerprint density at radius 3 is 2.80 bits per heavy atom. The minimum Gasteiger partial charge on any atom is -0.378 e. The van der Waals surface area contributed by atoms with Crippen molar-refractivity contribution in [1.29, 1.82) is 0 Å². The number of hydrogen-bond donors (Lipinski definition) is 2. The van der Waals surface area contributed by atoms with Crippen molar-refractivity contribution < 1.29 is 4.74 Å². The maximum atomic E-state index is 5.95. The quantitative estimate of drug-likeness (QED) is 0.430. The third kappa shape index (κ3) is 7.30. The number of pyridine rings is 1. The number of hydrogen-bond acceptors (Lipinski definition) is 4. The second-order valence-corrected chi connectivity index (χ2v) is 6.75. The predicted molar refractivity (Wildman–Crippen MR) is 104 cm³/mol. The van der Waals surface area contributed by atoms with E-state index in [1.807, 2.05) is 31.3 Å². The van der Waals surface area contributed by atoms with E-state index in [2.05, 4.69) is 26.7 Å². The molecule has 1 aliphatic rings. The maximum Gasteiger partial charge on any atom is 0.191 e. The van der Waals surface area contributed by atoms with Gasteiger partial charge in [-0.15, -0.1) is 0 Å². The van der Waals surface area contributed by atoms with Gasteiger partial charge in [-0.3, -0.25) is 4.99 Å². The summed E-state index contributed by atoms with van der Waals surface area (Å²) in [7, 11) is 5.79. The van der Waals surface area contributed by atoms with Gasteiger partial charge in [-0.05, 0) is 37.0 Å². The Bertz CT molecular complexity index is 526. The molecular formula is C19H33N5O. The van der Waals surface area contributed by atoms with Gasteiger partial charge in [0.25, 0.3) is 0 Å². The summed E-state index contributed by atoms with van der Waals surface area (Å²) >= 11 is 0. The molecule has 25 heavy (non-hydrogen) atoms. The van der Waals surface area contributed by atoms with Crippen molar-refractivity contribution in [2.24, 2.45) is 4.99 Å². The summed E-state index contributed by atoms with van der Waals surface area (Å²) in [5.74, 6) is 1.78. The number of nitrogens with one attached hydrogen (secondary N) is 2. The molecule has 0 atom stereocenters. The van der Waals surface area contributed by atoms with E-state index in [1.54, 1.807) is 7.05 Å². The molecule has 140 valence electrons. The van der Waals surface area contributed by atoms with Crippen LogP contribution in [0, 0.1) is 0 Å². The average molecular weight is 348 g/mol. The SMILES string of the molecule is CN=C(NCCCOC1CCCCC1)NCc1ccnc(N(C)C)c1. The van der Waals surface area contributed by atoms with Crippen molar-refractivity contribution in [3.63, 3.8) is 0 Å². The maximum absolute atomic E-state index is 5.95. The smallest absolute Gasteiger partial charge is 0.191 e. The van der Waals surface area contributed by atoms with Crippen molar-refractivity contribution in [1.82, 2.24) is 15.6 Å². The van der Waals surface area contributed by atoms with Gasteiger partial charge in [-0.25, -0.2) is 4.98 Å². The highest BCUT2D eigenvalue weighted by Crippen LogP contribution is 2.20. The average Bonchev–Trinajstić information content (AvgIpc) is 2.65. The molecule has 6 nitrogen and oxygen atoms in total. The molecule has 1 fully saturated rings. The van der Waals surface area contributed by atoms with E-state index in [-0.39, 0.29) is 0 Å². The van der Waals surface area contributed by atoms with E-state index < -0.39 is 0 Å². The van der Waals surface area contributed by atoms with Crippen molar-refractivity contribution >= 4 is 11.8 Å². The number of anilines is 1. The van der Waals surface area contributed by atoms with Crippen LogP contribution in [-0.4, -0.2) is 51.3 Å². The van der Waals surface area contributed by atoms with Gasteiger partial charge in [0.15, 0.2) is 5.96 Å². The third-order valence-electron chi connectivity index (χ3n) is 4.47. The molecule has 1 aliphatic carbocycles. The number of rotatable bonds is 8. The van der Waals surface area contributed by atoms with Crippen LogP contribution in [0.25, 0.3) is 0 Å². The molecule has 0 aliphatic heterocycles. The molecule has 0 unspecified atom stereocenters. The van der Waals surface area contributed by atoms with Crippen molar-refractivity contribution in [3.8, 4) is 0 Å². The van der Waals surface area contributed by atoms with E-state index in [4.69, 9.17) is 4.74 Å². The van der Waals surface area contributed by atoms with E-state index >= 15 is 0 Å². The van der Waals surface area contributed by atoms with Crippen LogP contribution >= 0.6 is 0 Å². The van der Waals surface area contributed by atoms with Crippen LogP contribution < -0.4 is 15.5 Å². The molecule has 0 aromatic carbocycles. The first-order chi connectivity index (χ1) is 12.2. The summed E-state index contributed by atoms with van der Waals surface area (Å²) in [6, 6.07) is 4.10. The molecule has 2 N–H and O–H groups in total. The van der Waals surface area contributed by atoms with Crippen molar-refractivity contribution in [3.05, 3.63) is 23.9 Å².